The van der Waals surface area contributed by atoms with Crippen LogP contribution in [0.3, 0.4) is 0 Å². The van der Waals surface area contributed by atoms with Crippen molar-refractivity contribution in [1.82, 2.24) is 15.6 Å². The number of aliphatic imine (C=N–C) groups is 1. The molecule has 1 aliphatic rings. The van der Waals surface area contributed by atoms with E-state index in [1.807, 2.05) is 50.1 Å². The molecule has 0 aliphatic heterocycles. The largest absolute Gasteiger partial charge is 0.362 e. The number of hydrogen-bond donors (Lipinski definition) is 2. The van der Waals surface area contributed by atoms with Gasteiger partial charge in [0, 0.05) is 55.6 Å². The summed E-state index contributed by atoms with van der Waals surface area (Å²) >= 11 is 1.97. The van der Waals surface area contributed by atoms with E-state index in [4.69, 9.17) is 0 Å². The molecule has 1 aromatic heterocycles. The Morgan fingerprint density at radius 1 is 1.15 bits per heavy atom. The maximum atomic E-state index is 4.45. The maximum absolute atomic E-state index is 4.45. The number of rotatable bonds is 7. The topological polar surface area (TPSA) is 52.6 Å². The number of thioether (sulfide) groups is 1. The van der Waals surface area contributed by atoms with Crippen molar-refractivity contribution in [3.05, 3.63) is 54.2 Å². The lowest BCUT2D eigenvalue weighted by Crippen LogP contribution is -2.41. The zero-order chi connectivity index (χ0) is 18.4. The SMILES string of the molecule is CN=C(NCc1cccnc1N(C)C)NCC1(Sc2ccccc2)CC1.I. The fourth-order valence-electron chi connectivity index (χ4n) is 2.81. The standard InChI is InChI=1S/C20H27N5S.HI/c1-21-19(23-14-16-8-7-13-22-18(16)25(2)3)24-15-20(11-12-20)26-17-9-5-4-6-10-17;/h4-10,13H,11-12,14-15H2,1-3H3,(H2,21,23,24);1H. The Labute approximate surface area is 183 Å². The Morgan fingerprint density at radius 3 is 2.52 bits per heavy atom. The van der Waals surface area contributed by atoms with Gasteiger partial charge in [0.1, 0.15) is 5.82 Å². The highest BCUT2D eigenvalue weighted by molar-refractivity contribution is 14.0. The third-order valence-corrected chi connectivity index (χ3v) is 5.92. The first-order valence-electron chi connectivity index (χ1n) is 8.92. The Morgan fingerprint density at radius 2 is 1.89 bits per heavy atom. The highest BCUT2D eigenvalue weighted by Gasteiger charge is 2.43. The van der Waals surface area contributed by atoms with Gasteiger partial charge in [0.15, 0.2) is 5.96 Å². The van der Waals surface area contributed by atoms with E-state index in [2.05, 4.69) is 57.0 Å². The summed E-state index contributed by atoms with van der Waals surface area (Å²) in [5.41, 5.74) is 1.15. The summed E-state index contributed by atoms with van der Waals surface area (Å²) in [7, 11) is 5.84. The van der Waals surface area contributed by atoms with Crippen LogP contribution >= 0.6 is 35.7 Å². The van der Waals surface area contributed by atoms with Gasteiger partial charge in [-0.1, -0.05) is 24.3 Å². The molecule has 146 valence electrons. The molecule has 0 radical (unpaired) electrons. The van der Waals surface area contributed by atoms with E-state index in [0.29, 0.717) is 11.3 Å². The van der Waals surface area contributed by atoms with Crippen molar-refractivity contribution in [2.24, 2.45) is 4.99 Å². The highest BCUT2D eigenvalue weighted by Crippen LogP contribution is 2.51. The lowest BCUT2D eigenvalue weighted by atomic mass is 10.2. The molecule has 7 heteroatoms. The van der Waals surface area contributed by atoms with Crippen LogP contribution < -0.4 is 15.5 Å². The molecule has 0 atom stereocenters. The monoisotopic (exact) mass is 497 g/mol. The van der Waals surface area contributed by atoms with Crippen LogP contribution in [0.5, 0.6) is 0 Å². The van der Waals surface area contributed by atoms with E-state index in [1.165, 1.54) is 17.7 Å². The maximum Gasteiger partial charge on any atom is 0.191 e. The fraction of sp³-hybridized carbons (Fsp3) is 0.400. The first kappa shape index (κ1) is 21.8. The quantitative estimate of drug-likeness (QED) is 0.347. The molecule has 0 saturated heterocycles. The van der Waals surface area contributed by atoms with Crippen molar-refractivity contribution in [2.45, 2.75) is 29.0 Å². The van der Waals surface area contributed by atoms with Gasteiger partial charge in [-0.2, -0.15) is 0 Å². The minimum absolute atomic E-state index is 0. The van der Waals surface area contributed by atoms with Crippen LogP contribution in [0.4, 0.5) is 5.82 Å². The highest BCUT2D eigenvalue weighted by atomic mass is 127. The normalized spacial score (nSPS) is 14.9. The number of nitrogens with one attached hydrogen (secondary N) is 2. The number of anilines is 1. The summed E-state index contributed by atoms with van der Waals surface area (Å²) in [4.78, 5) is 12.2. The van der Waals surface area contributed by atoms with Crippen LogP contribution in [-0.4, -0.2) is 43.4 Å². The summed E-state index contributed by atoms with van der Waals surface area (Å²) < 4.78 is 0.294. The molecular formula is C20H28IN5S. The first-order valence-corrected chi connectivity index (χ1v) is 9.73. The number of aromatic nitrogens is 1. The van der Waals surface area contributed by atoms with Gasteiger partial charge in [-0.05, 0) is 31.0 Å². The van der Waals surface area contributed by atoms with Crippen LogP contribution in [0.25, 0.3) is 0 Å². The third-order valence-electron chi connectivity index (χ3n) is 4.42. The molecule has 0 spiro atoms. The average molecular weight is 497 g/mol. The Kier molecular flexibility index (Phi) is 8.22. The number of pyridine rings is 1. The van der Waals surface area contributed by atoms with Crippen molar-refractivity contribution < 1.29 is 0 Å². The number of benzene rings is 1. The van der Waals surface area contributed by atoms with Crippen LogP contribution in [0.1, 0.15) is 18.4 Å². The molecule has 27 heavy (non-hydrogen) atoms. The Bertz CT molecular complexity index is 747. The zero-order valence-corrected chi connectivity index (χ0v) is 19.3. The zero-order valence-electron chi connectivity index (χ0n) is 16.1. The van der Waals surface area contributed by atoms with Crippen LogP contribution in [0.15, 0.2) is 58.5 Å². The fourth-order valence-corrected chi connectivity index (χ4v) is 4.05. The van der Waals surface area contributed by atoms with E-state index in [9.17, 15) is 0 Å². The van der Waals surface area contributed by atoms with E-state index in [0.717, 1.165) is 23.9 Å². The number of halogens is 1. The van der Waals surface area contributed by atoms with E-state index in [-0.39, 0.29) is 24.0 Å². The predicted octanol–water partition coefficient (Wildman–Crippen LogP) is 3.76. The predicted molar refractivity (Wildman–Crippen MR) is 126 cm³/mol. The second-order valence-corrected chi connectivity index (χ2v) is 8.30. The summed E-state index contributed by atoms with van der Waals surface area (Å²) in [6, 6.07) is 14.7. The van der Waals surface area contributed by atoms with Gasteiger partial charge in [-0.15, -0.1) is 35.7 Å². The number of guanidine groups is 1. The molecule has 1 fully saturated rings. The molecular weight excluding hydrogens is 469 g/mol. The molecule has 2 aromatic rings. The van der Waals surface area contributed by atoms with Crippen molar-refractivity contribution in [1.29, 1.82) is 0 Å². The second-order valence-electron chi connectivity index (χ2n) is 6.76. The van der Waals surface area contributed by atoms with E-state index in [1.54, 1.807) is 0 Å². The van der Waals surface area contributed by atoms with Crippen molar-refractivity contribution in [2.75, 3.05) is 32.6 Å². The van der Waals surface area contributed by atoms with Gasteiger partial charge in [0.25, 0.3) is 0 Å². The van der Waals surface area contributed by atoms with Gasteiger partial charge >= 0.3 is 0 Å². The number of nitrogens with zero attached hydrogens (tertiary/aromatic N) is 3. The number of hydrogen-bond acceptors (Lipinski definition) is 4. The molecule has 0 bridgehead atoms. The lowest BCUT2D eigenvalue weighted by molar-refractivity contribution is 0.764. The molecule has 3 rings (SSSR count). The smallest absolute Gasteiger partial charge is 0.191 e. The third kappa shape index (κ3) is 6.27. The second kappa shape index (κ2) is 10.2. The average Bonchev–Trinajstić information content (AvgIpc) is 3.42. The van der Waals surface area contributed by atoms with Crippen LogP contribution in [0.2, 0.25) is 0 Å². The molecule has 1 aromatic carbocycles. The van der Waals surface area contributed by atoms with E-state index < -0.39 is 0 Å². The van der Waals surface area contributed by atoms with Crippen molar-refractivity contribution in [3.8, 4) is 0 Å². The molecule has 2 N–H and O–H groups in total. The van der Waals surface area contributed by atoms with Crippen molar-refractivity contribution in [3.63, 3.8) is 0 Å². The summed E-state index contributed by atoms with van der Waals surface area (Å²) in [6.45, 7) is 1.61. The van der Waals surface area contributed by atoms with Gasteiger partial charge < -0.3 is 15.5 Å². The molecule has 1 saturated carbocycles. The molecule has 1 heterocycles. The Hall–Kier alpha value is -1.48. The molecule has 0 amide bonds. The first-order chi connectivity index (χ1) is 12.6. The lowest BCUT2D eigenvalue weighted by Gasteiger charge is -2.20. The summed E-state index contributed by atoms with van der Waals surface area (Å²) in [5.74, 6) is 1.81. The van der Waals surface area contributed by atoms with Gasteiger partial charge in [-0.3, -0.25) is 4.99 Å². The van der Waals surface area contributed by atoms with Crippen LogP contribution in [-0.2, 0) is 6.54 Å². The molecule has 5 nitrogen and oxygen atoms in total. The van der Waals surface area contributed by atoms with Gasteiger partial charge in [-0.25, -0.2) is 4.98 Å². The van der Waals surface area contributed by atoms with Crippen LogP contribution in [0, 0.1) is 0 Å². The minimum Gasteiger partial charge on any atom is -0.362 e. The molecule has 1 aliphatic carbocycles. The molecule has 0 unspecified atom stereocenters. The minimum atomic E-state index is 0. The van der Waals surface area contributed by atoms with Gasteiger partial charge in [0.05, 0.1) is 0 Å². The summed E-state index contributed by atoms with van der Waals surface area (Å²) in [6.07, 6.45) is 4.30. The summed E-state index contributed by atoms with van der Waals surface area (Å²) in [5, 5.41) is 6.90. The van der Waals surface area contributed by atoms with Crippen molar-refractivity contribution >= 4 is 47.5 Å². The Balaban J connectivity index is 0.00000261. The van der Waals surface area contributed by atoms with Gasteiger partial charge in [0.2, 0.25) is 0 Å². The van der Waals surface area contributed by atoms with E-state index >= 15 is 0 Å².